The standard InChI is InChI=1S/C55H76FN10O8P/c1-8-9-25-71-46-29-40(44(67)33-75(7)34-57)26-37(15-11-10-13-23-62-52(58)59)48(46)66-51(69)41-27-38(16-12-14-24-63-53(60)61)49(47(30-41)72-31-35(2)3)65-50(68)39-19-22-43(64-54(70)74-55(4,5)6)45(28-39)73-32-36-17-20-42(56)21-18-36/h17-22,26-30,33,35H,7-16,23-25,31-32,34,57H2,1-6H3,(H11-,58,59,60,61,62,63,64,65,66,67,68,69,70). The van der Waals surface area contributed by atoms with Crippen LogP contribution in [0, 0.1) is 11.7 Å². The molecule has 75 heavy (non-hydrogen) atoms. The molecule has 1 unspecified atom stereocenters. The second-order valence-corrected chi connectivity index (χ2v) is 21.0. The van der Waals surface area contributed by atoms with Gasteiger partial charge in [-0.1, -0.05) is 51.5 Å². The number of nitrogens with two attached hydrogens (primary N) is 5. The van der Waals surface area contributed by atoms with Gasteiger partial charge in [-0.25, -0.2) is 9.18 Å². The Morgan fingerprint density at radius 1 is 0.733 bits per heavy atom. The lowest BCUT2D eigenvalue weighted by atomic mass is 9.99. The van der Waals surface area contributed by atoms with E-state index >= 15 is 0 Å². The van der Waals surface area contributed by atoms with Crippen molar-refractivity contribution in [1.29, 1.82) is 0 Å². The van der Waals surface area contributed by atoms with Crippen molar-refractivity contribution in [2.45, 2.75) is 112 Å². The smallest absolute Gasteiger partial charge is 0.412 e. The Hall–Kier alpha value is -7.37. The van der Waals surface area contributed by atoms with Crippen LogP contribution < -0.4 is 63.9 Å². The Labute approximate surface area is 441 Å². The maximum atomic E-state index is 14.8. The predicted molar refractivity (Wildman–Crippen MR) is 299 cm³/mol. The molecule has 0 bridgehead atoms. The summed E-state index contributed by atoms with van der Waals surface area (Å²) in [4.78, 5) is 50.5. The van der Waals surface area contributed by atoms with Gasteiger partial charge in [-0.05, 0) is 148 Å². The fourth-order valence-corrected chi connectivity index (χ4v) is 7.85. The Kier molecular flexibility index (Phi) is 24.2. The molecule has 1 atom stereocenters. The summed E-state index contributed by atoms with van der Waals surface area (Å²) in [5.74, 6) is 0.568. The minimum atomic E-state index is -1.09. The van der Waals surface area contributed by atoms with Crippen LogP contribution >= 0.6 is 7.55 Å². The number of hydrogen-bond acceptors (Lipinski definition) is 11. The van der Waals surface area contributed by atoms with Gasteiger partial charge in [-0.2, -0.15) is 0 Å². The Morgan fingerprint density at radius 2 is 1.29 bits per heavy atom. The number of aryl methyl sites for hydroxylation is 2. The summed E-state index contributed by atoms with van der Waals surface area (Å²) in [6, 6.07) is 17.0. The van der Waals surface area contributed by atoms with E-state index in [0.717, 1.165) is 19.3 Å². The minimum absolute atomic E-state index is 0.0160. The van der Waals surface area contributed by atoms with Crippen molar-refractivity contribution >= 4 is 66.5 Å². The summed E-state index contributed by atoms with van der Waals surface area (Å²) in [6.07, 6.45) is 9.22. The van der Waals surface area contributed by atoms with E-state index in [1.54, 1.807) is 57.2 Å². The zero-order chi connectivity index (χ0) is 55.1. The van der Waals surface area contributed by atoms with Gasteiger partial charge in [0.15, 0.2) is 18.2 Å². The van der Waals surface area contributed by atoms with E-state index in [-0.39, 0.29) is 71.4 Å². The lowest BCUT2D eigenvalue weighted by Gasteiger charge is -2.22. The van der Waals surface area contributed by atoms with Gasteiger partial charge in [0.1, 0.15) is 48.6 Å². The van der Waals surface area contributed by atoms with E-state index in [2.05, 4.69) is 32.2 Å². The van der Waals surface area contributed by atoms with Crippen LogP contribution in [0.5, 0.6) is 17.2 Å². The molecular formula is C55H76FN10O8P. The average molecular weight is 1060 g/mol. The van der Waals surface area contributed by atoms with Crippen LogP contribution in [0.25, 0.3) is 5.76 Å². The third-order valence-electron chi connectivity index (χ3n) is 11.0. The normalized spacial score (nSPS) is 11.6. The van der Waals surface area contributed by atoms with Crippen molar-refractivity contribution < 1.29 is 42.8 Å². The molecule has 4 aromatic carbocycles. The van der Waals surface area contributed by atoms with E-state index in [9.17, 15) is 23.9 Å². The van der Waals surface area contributed by atoms with Crippen LogP contribution in [0.3, 0.4) is 0 Å². The van der Waals surface area contributed by atoms with E-state index in [1.165, 1.54) is 36.1 Å². The number of halogens is 1. The summed E-state index contributed by atoms with van der Waals surface area (Å²) in [5.41, 5.74) is 31.0. The number of anilines is 3. The number of guanidine groups is 2. The molecule has 0 aliphatic carbocycles. The Bertz CT molecular complexity index is 2660. The summed E-state index contributed by atoms with van der Waals surface area (Å²) in [7, 11) is -1.09. The number of unbranched alkanes of at least 4 members (excludes halogenated alkanes) is 4. The number of nitrogens with one attached hydrogen (secondary N) is 3. The molecule has 3 amide bonds. The number of amides is 3. The number of aliphatic imine (C=N–C) groups is 2. The molecule has 13 N–H and O–H groups in total. The van der Waals surface area contributed by atoms with Gasteiger partial charge >= 0.3 is 6.09 Å². The third kappa shape index (κ3) is 21.2. The highest BCUT2D eigenvalue weighted by atomic mass is 31.1. The highest BCUT2D eigenvalue weighted by Gasteiger charge is 2.24. The number of hydrogen-bond donors (Lipinski definition) is 8. The highest BCUT2D eigenvalue weighted by molar-refractivity contribution is 7.59. The quantitative estimate of drug-likeness (QED) is 0.00832. The first kappa shape index (κ1) is 60.2. The molecule has 0 fully saturated rings. The number of benzene rings is 4. The zero-order valence-electron chi connectivity index (χ0n) is 44.2. The van der Waals surface area contributed by atoms with Gasteiger partial charge in [-0.15, -0.1) is 0 Å². The first-order chi connectivity index (χ1) is 35.7. The van der Waals surface area contributed by atoms with Gasteiger partial charge in [0.25, 0.3) is 11.8 Å². The molecule has 0 aliphatic rings. The fraction of sp³-hybridized carbons (Fsp3) is 0.418. The lowest BCUT2D eigenvalue weighted by Crippen LogP contribution is -2.27. The molecule has 4 rings (SSSR count). The summed E-state index contributed by atoms with van der Waals surface area (Å²) < 4.78 is 38.2. The van der Waals surface area contributed by atoms with Crippen molar-refractivity contribution in [1.82, 2.24) is 0 Å². The first-order valence-electron chi connectivity index (χ1n) is 25.2. The lowest BCUT2D eigenvalue weighted by molar-refractivity contribution is -0.243. The van der Waals surface area contributed by atoms with Crippen LogP contribution in [0.15, 0.2) is 82.5 Å². The highest BCUT2D eigenvalue weighted by Crippen LogP contribution is 2.38. The zero-order valence-corrected chi connectivity index (χ0v) is 45.1. The maximum Gasteiger partial charge on any atom is 0.412 e. The Morgan fingerprint density at radius 3 is 1.88 bits per heavy atom. The maximum absolute atomic E-state index is 14.8. The number of rotatable bonds is 29. The molecule has 0 aromatic heterocycles. The summed E-state index contributed by atoms with van der Waals surface area (Å²) in [6.45, 7) is 12.5. The Balaban J connectivity index is 1.84. The predicted octanol–water partition coefficient (Wildman–Crippen LogP) is 8.54. The van der Waals surface area contributed by atoms with Crippen molar-refractivity contribution in [2.24, 2.45) is 44.6 Å². The van der Waals surface area contributed by atoms with Gasteiger partial charge in [0, 0.05) is 24.2 Å². The number of carbonyl (C=O) groups excluding carboxylic acids is 3. The van der Waals surface area contributed by atoms with Crippen molar-refractivity contribution in [3.05, 3.63) is 112 Å². The van der Waals surface area contributed by atoms with E-state index in [1.807, 2.05) is 20.8 Å². The first-order valence-corrected chi connectivity index (χ1v) is 26.9. The second kappa shape index (κ2) is 30.1. The minimum Gasteiger partial charge on any atom is -0.870 e. The molecule has 0 radical (unpaired) electrons. The number of carbonyl (C=O) groups is 3. The summed E-state index contributed by atoms with van der Waals surface area (Å²) >= 11 is 0. The molecule has 406 valence electrons. The topological polar surface area (TPSA) is 302 Å². The van der Waals surface area contributed by atoms with Crippen LogP contribution in [0.2, 0.25) is 0 Å². The molecule has 0 saturated carbocycles. The summed E-state index contributed by atoms with van der Waals surface area (Å²) in [5, 5.41) is 22.5. The fourth-order valence-electron chi connectivity index (χ4n) is 7.26. The molecule has 0 heterocycles. The molecule has 0 spiro atoms. The molecule has 0 aliphatic heterocycles. The van der Waals surface area contributed by atoms with Crippen LogP contribution in [-0.2, 0) is 24.2 Å². The second-order valence-electron chi connectivity index (χ2n) is 19.2. The van der Waals surface area contributed by atoms with Crippen LogP contribution in [-0.4, -0.2) is 74.3 Å². The molecular weight excluding hydrogens is 979 g/mol. The van der Waals surface area contributed by atoms with E-state index in [4.69, 9.17) is 47.6 Å². The van der Waals surface area contributed by atoms with Crippen LogP contribution in [0.1, 0.15) is 129 Å². The number of nitrogens with zero attached hydrogens (tertiary/aromatic N) is 2. The van der Waals surface area contributed by atoms with Gasteiger partial charge in [-0.3, -0.25) is 30.6 Å². The van der Waals surface area contributed by atoms with Crippen molar-refractivity contribution in [2.75, 3.05) is 48.5 Å². The van der Waals surface area contributed by atoms with Gasteiger partial charge < -0.3 is 57.6 Å². The molecule has 0 saturated heterocycles. The van der Waals surface area contributed by atoms with Crippen LogP contribution in [0.4, 0.5) is 26.2 Å². The van der Waals surface area contributed by atoms with Gasteiger partial charge in [0.2, 0.25) is 0 Å². The average Bonchev–Trinajstić information content (AvgIpc) is 3.34. The van der Waals surface area contributed by atoms with Gasteiger partial charge in [0.05, 0.1) is 36.6 Å². The number of ether oxygens (including phenoxy) is 4. The molecule has 4 aromatic rings. The molecule has 18 nitrogen and oxygen atoms in total. The molecule has 20 heteroatoms. The van der Waals surface area contributed by atoms with E-state index in [0.29, 0.717) is 97.6 Å². The third-order valence-corrected chi connectivity index (χ3v) is 12.1. The van der Waals surface area contributed by atoms with Crippen molar-refractivity contribution in [3.8, 4) is 17.2 Å². The SMILES string of the molecule is C=[P+](C=C([O-])c1cc(CCCCCN=C(N)N)c(NC(=O)c2cc(CCCCN=C(N)N)c(NC(=O)c3ccc(NC(=O)OC(C)(C)C)c(OCc4ccc(F)cc4)c3)c(OCC(C)C)c2)c(OCCCC)c1)CN. The largest absolute Gasteiger partial charge is 0.870 e. The van der Waals surface area contributed by atoms with E-state index < -0.39 is 36.9 Å². The van der Waals surface area contributed by atoms with Crippen molar-refractivity contribution in [3.63, 3.8) is 0 Å². The monoisotopic (exact) mass is 1050 g/mol.